The van der Waals surface area contributed by atoms with Gasteiger partial charge in [0.2, 0.25) is 5.95 Å². The van der Waals surface area contributed by atoms with Crippen LogP contribution in [0.2, 0.25) is 0 Å². The molecule has 0 aromatic carbocycles. The van der Waals surface area contributed by atoms with Gasteiger partial charge in [0.25, 0.3) is 0 Å². The second kappa shape index (κ2) is 4.68. The van der Waals surface area contributed by atoms with Gasteiger partial charge in [-0.1, -0.05) is 12.1 Å². The smallest absolute Gasteiger partial charge is 0.243 e. The summed E-state index contributed by atoms with van der Waals surface area (Å²) in [5.74, 6) is 0.618. The number of nitrogens with zero attached hydrogens (tertiary/aromatic N) is 4. The predicted molar refractivity (Wildman–Crippen MR) is 74.0 cm³/mol. The molecule has 0 aliphatic rings. The Morgan fingerprint density at radius 3 is 2.79 bits per heavy atom. The summed E-state index contributed by atoms with van der Waals surface area (Å²) in [5, 5.41) is 7.71. The molecular weight excluding hydrogens is 238 g/mol. The number of pyridine rings is 2. The van der Waals surface area contributed by atoms with Crippen LogP contribution in [0.5, 0.6) is 0 Å². The van der Waals surface area contributed by atoms with Gasteiger partial charge < -0.3 is 5.32 Å². The van der Waals surface area contributed by atoms with Crippen LogP contribution in [0.3, 0.4) is 0 Å². The highest BCUT2D eigenvalue weighted by Gasteiger charge is 2.10. The number of aromatic nitrogens is 4. The van der Waals surface area contributed by atoms with E-state index in [1.54, 1.807) is 6.20 Å². The number of hydrogen-bond donors (Lipinski definition) is 1. The van der Waals surface area contributed by atoms with Crippen molar-refractivity contribution in [1.29, 1.82) is 0 Å². The first-order valence-electron chi connectivity index (χ1n) is 6.24. The highest BCUT2D eigenvalue weighted by atomic mass is 15.4. The third kappa shape index (κ3) is 2.27. The summed E-state index contributed by atoms with van der Waals surface area (Å²) in [6, 6.07) is 11.9. The largest absolute Gasteiger partial charge is 0.345 e. The molecule has 1 atom stereocenters. The molecule has 3 heterocycles. The molecular formula is C14H15N5. The van der Waals surface area contributed by atoms with Crippen molar-refractivity contribution in [2.24, 2.45) is 0 Å². The van der Waals surface area contributed by atoms with E-state index in [0.717, 1.165) is 17.0 Å². The minimum Gasteiger partial charge on any atom is -0.345 e. The van der Waals surface area contributed by atoms with E-state index in [1.165, 1.54) is 0 Å². The summed E-state index contributed by atoms with van der Waals surface area (Å²) in [5.41, 5.74) is 2.87. The van der Waals surface area contributed by atoms with Crippen LogP contribution in [0.15, 0.2) is 42.6 Å². The number of anilines is 1. The quantitative estimate of drug-likeness (QED) is 0.779. The molecule has 5 heteroatoms. The summed E-state index contributed by atoms with van der Waals surface area (Å²) < 4.78 is 1.83. The molecule has 3 rings (SSSR count). The van der Waals surface area contributed by atoms with Crippen LogP contribution in [0.25, 0.3) is 5.65 Å². The van der Waals surface area contributed by atoms with Crippen LogP contribution >= 0.6 is 0 Å². The monoisotopic (exact) mass is 253 g/mol. The molecule has 1 unspecified atom stereocenters. The average molecular weight is 253 g/mol. The molecule has 19 heavy (non-hydrogen) atoms. The van der Waals surface area contributed by atoms with Crippen LogP contribution in [0.1, 0.15) is 24.4 Å². The molecule has 0 aliphatic carbocycles. The second-order valence-electron chi connectivity index (χ2n) is 4.49. The highest BCUT2D eigenvalue weighted by molar-refractivity contribution is 5.45. The molecule has 3 aromatic rings. The summed E-state index contributed by atoms with van der Waals surface area (Å²) in [7, 11) is 0. The topological polar surface area (TPSA) is 55.1 Å². The lowest BCUT2D eigenvalue weighted by atomic mass is 10.2. The van der Waals surface area contributed by atoms with E-state index in [0.29, 0.717) is 5.95 Å². The fraction of sp³-hybridized carbons (Fsp3) is 0.214. The Labute approximate surface area is 111 Å². The van der Waals surface area contributed by atoms with Crippen molar-refractivity contribution in [3.63, 3.8) is 0 Å². The highest BCUT2D eigenvalue weighted by Crippen LogP contribution is 2.15. The van der Waals surface area contributed by atoms with Crippen LogP contribution in [-0.2, 0) is 0 Å². The first-order valence-corrected chi connectivity index (χ1v) is 6.24. The third-order valence-corrected chi connectivity index (χ3v) is 3.03. The Hall–Kier alpha value is -2.43. The zero-order valence-corrected chi connectivity index (χ0v) is 10.9. The van der Waals surface area contributed by atoms with Gasteiger partial charge in [0, 0.05) is 11.9 Å². The van der Waals surface area contributed by atoms with E-state index >= 15 is 0 Å². The molecule has 0 fully saturated rings. The van der Waals surface area contributed by atoms with E-state index < -0.39 is 0 Å². The lowest BCUT2D eigenvalue weighted by Crippen LogP contribution is -2.09. The maximum Gasteiger partial charge on any atom is 0.243 e. The van der Waals surface area contributed by atoms with Crippen molar-refractivity contribution >= 4 is 11.6 Å². The van der Waals surface area contributed by atoms with E-state index in [1.807, 2.05) is 54.8 Å². The van der Waals surface area contributed by atoms with Gasteiger partial charge in [0.15, 0.2) is 5.65 Å². The lowest BCUT2D eigenvalue weighted by Gasteiger charge is -2.10. The minimum absolute atomic E-state index is 0.0684. The van der Waals surface area contributed by atoms with Gasteiger partial charge in [-0.05, 0) is 38.1 Å². The predicted octanol–water partition coefficient (Wildman–Crippen LogP) is 2.61. The maximum absolute atomic E-state index is 4.45. The fourth-order valence-electron chi connectivity index (χ4n) is 2.00. The first-order chi connectivity index (χ1) is 9.24. The molecule has 1 N–H and O–H groups in total. The number of nitrogens with one attached hydrogen (secondary N) is 1. The van der Waals surface area contributed by atoms with Gasteiger partial charge in [-0.2, -0.15) is 4.98 Å². The Kier molecular flexibility index (Phi) is 2.87. The molecule has 96 valence electrons. The molecule has 0 spiro atoms. The number of fused-ring (bicyclic) bond motifs is 1. The normalized spacial score (nSPS) is 12.5. The van der Waals surface area contributed by atoms with Crippen LogP contribution in [0.4, 0.5) is 5.95 Å². The zero-order valence-electron chi connectivity index (χ0n) is 10.9. The molecule has 0 bridgehead atoms. The Balaban J connectivity index is 1.88. The van der Waals surface area contributed by atoms with Crippen molar-refractivity contribution in [2.45, 2.75) is 19.9 Å². The molecule has 0 aliphatic heterocycles. The van der Waals surface area contributed by atoms with Gasteiger partial charge >= 0.3 is 0 Å². The molecule has 0 saturated carbocycles. The van der Waals surface area contributed by atoms with Crippen molar-refractivity contribution < 1.29 is 0 Å². The number of rotatable bonds is 3. The molecule has 0 amide bonds. The van der Waals surface area contributed by atoms with Gasteiger partial charge in [-0.3, -0.25) is 4.98 Å². The van der Waals surface area contributed by atoms with Crippen LogP contribution < -0.4 is 5.32 Å². The summed E-state index contributed by atoms with van der Waals surface area (Å²) in [6.45, 7) is 4.05. The average Bonchev–Trinajstić information content (AvgIpc) is 2.84. The fourth-order valence-corrected chi connectivity index (χ4v) is 2.00. The van der Waals surface area contributed by atoms with Crippen LogP contribution in [0, 0.1) is 6.92 Å². The van der Waals surface area contributed by atoms with Crippen LogP contribution in [-0.4, -0.2) is 19.6 Å². The zero-order chi connectivity index (χ0) is 13.2. The Morgan fingerprint density at radius 1 is 1.16 bits per heavy atom. The molecule has 5 nitrogen and oxygen atoms in total. The molecule has 3 aromatic heterocycles. The minimum atomic E-state index is 0.0684. The van der Waals surface area contributed by atoms with Crippen molar-refractivity contribution in [2.75, 3.05) is 5.32 Å². The Bertz CT molecular complexity index is 689. The standard InChI is InChI=1S/C14H15N5/c1-10-6-5-8-13-17-14(18-19(10)13)16-11(2)12-7-3-4-9-15-12/h3-9,11H,1-2H3,(H,16,18). The number of hydrogen-bond acceptors (Lipinski definition) is 4. The van der Waals surface area contributed by atoms with Crippen molar-refractivity contribution in [3.05, 3.63) is 54.0 Å². The lowest BCUT2D eigenvalue weighted by molar-refractivity contribution is 0.814. The summed E-state index contributed by atoms with van der Waals surface area (Å²) in [4.78, 5) is 8.77. The second-order valence-corrected chi connectivity index (χ2v) is 4.49. The molecule has 0 saturated heterocycles. The van der Waals surface area contributed by atoms with E-state index in [4.69, 9.17) is 0 Å². The van der Waals surface area contributed by atoms with Crippen molar-refractivity contribution in [3.8, 4) is 0 Å². The molecule has 0 radical (unpaired) electrons. The third-order valence-electron chi connectivity index (χ3n) is 3.03. The first kappa shape index (κ1) is 11.6. The van der Waals surface area contributed by atoms with E-state index in [9.17, 15) is 0 Å². The van der Waals surface area contributed by atoms with E-state index in [2.05, 4.69) is 20.4 Å². The van der Waals surface area contributed by atoms with Crippen molar-refractivity contribution in [1.82, 2.24) is 19.6 Å². The summed E-state index contributed by atoms with van der Waals surface area (Å²) >= 11 is 0. The number of aryl methyl sites for hydroxylation is 1. The maximum atomic E-state index is 4.45. The van der Waals surface area contributed by atoms with Gasteiger partial charge in [0.05, 0.1) is 11.7 Å². The Morgan fingerprint density at radius 2 is 2.05 bits per heavy atom. The van der Waals surface area contributed by atoms with E-state index in [-0.39, 0.29) is 6.04 Å². The SMILES string of the molecule is Cc1cccc2nc(NC(C)c3ccccn3)nn12. The van der Waals surface area contributed by atoms with Gasteiger partial charge in [-0.15, -0.1) is 5.10 Å². The van der Waals surface area contributed by atoms with Gasteiger partial charge in [-0.25, -0.2) is 4.52 Å². The van der Waals surface area contributed by atoms with Gasteiger partial charge in [0.1, 0.15) is 0 Å². The summed E-state index contributed by atoms with van der Waals surface area (Å²) in [6.07, 6.45) is 1.79.